The topological polar surface area (TPSA) is 20.2 Å². The predicted octanol–water partition coefficient (Wildman–Crippen LogP) is 6.93. The maximum absolute atomic E-state index is 12.6. The molecule has 1 aliphatic rings. The van der Waals surface area contributed by atoms with Crippen LogP contribution in [0.5, 0.6) is 0 Å². The molecular weight excluding hydrogens is 388 g/mol. The van der Waals surface area contributed by atoms with E-state index in [0.717, 1.165) is 38.9 Å². The maximum atomic E-state index is 12.6. The molecule has 0 bridgehead atoms. The Balaban J connectivity index is 1.88. The van der Waals surface area contributed by atoms with Gasteiger partial charge in [0.05, 0.1) is 0 Å². The monoisotopic (exact) mass is 410 g/mol. The molecule has 1 nitrogen and oxygen atoms in total. The summed E-state index contributed by atoms with van der Waals surface area (Å²) in [7, 11) is 0. The standard InChI is InChI=1S/C28H23ClO/c1-27(2)23-14-5-7-16-25(23)28(30,26-17-8-6-15-24(26)27)22-13-4-3-12-21(22)19-10-9-11-20(29)18-19/h3-18,30H,1-2H3. The Hall–Kier alpha value is -2.87. The Morgan fingerprint density at radius 3 is 1.67 bits per heavy atom. The fourth-order valence-corrected chi connectivity index (χ4v) is 5.16. The summed E-state index contributed by atoms with van der Waals surface area (Å²) < 4.78 is 0. The minimum Gasteiger partial charge on any atom is -0.376 e. The van der Waals surface area contributed by atoms with Crippen molar-refractivity contribution in [2.45, 2.75) is 24.9 Å². The van der Waals surface area contributed by atoms with E-state index in [1.54, 1.807) is 0 Å². The lowest BCUT2D eigenvalue weighted by atomic mass is 9.61. The summed E-state index contributed by atoms with van der Waals surface area (Å²) in [5, 5.41) is 13.2. The van der Waals surface area contributed by atoms with Crippen molar-refractivity contribution in [3.05, 3.63) is 130 Å². The van der Waals surface area contributed by atoms with Gasteiger partial charge in [-0.15, -0.1) is 0 Å². The molecule has 0 spiro atoms. The molecule has 0 heterocycles. The number of hydrogen-bond acceptors (Lipinski definition) is 1. The van der Waals surface area contributed by atoms with Crippen LogP contribution >= 0.6 is 11.6 Å². The third kappa shape index (κ3) is 2.66. The largest absolute Gasteiger partial charge is 0.376 e. The molecular formula is C28H23ClO. The molecule has 0 unspecified atom stereocenters. The van der Waals surface area contributed by atoms with Crippen molar-refractivity contribution < 1.29 is 5.11 Å². The summed E-state index contributed by atoms with van der Waals surface area (Å²) in [6.45, 7) is 4.46. The van der Waals surface area contributed by atoms with E-state index in [-0.39, 0.29) is 5.41 Å². The van der Waals surface area contributed by atoms with Crippen molar-refractivity contribution in [3.63, 3.8) is 0 Å². The second kappa shape index (κ2) is 6.84. The van der Waals surface area contributed by atoms with Crippen LogP contribution in [-0.4, -0.2) is 5.11 Å². The van der Waals surface area contributed by atoms with E-state index in [9.17, 15) is 5.11 Å². The third-order valence-electron chi connectivity index (χ3n) is 6.43. The van der Waals surface area contributed by atoms with Crippen molar-refractivity contribution in [3.8, 4) is 11.1 Å². The maximum Gasteiger partial charge on any atom is 0.141 e. The lowest BCUT2D eigenvalue weighted by Gasteiger charge is -2.45. The van der Waals surface area contributed by atoms with Crippen molar-refractivity contribution in [2.24, 2.45) is 0 Å². The smallest absolute Gasteiger partial charge is 0.141 e. The SMILES string of the molecule is CC1(C)c2ccccc2C(O)(c2ccccc2-c2cccc(Cl)c2)c2ccccc21. The summed E-state index contributed by atoms with van der Waals surface area (Å²) in [5.41, 5.74) is 5.53. The zero-order valence-corrected chi connectivity index (χ0v) is 17.8. The highest BCUT2D eigenvalue weighted by atomic mass is 35.5. The minimum absolute atomic E-state index is 0.204. The van der Waals surface area contributed by atoms with Gasteiger partial charge in [-0.05, 0) is 45.5 Å². The van der Waals surface area contributed by atoms with Gasteiger partial charge in [0.15, 0.2) is 0 Å². The van der Waals surface area contributed by atoms with Crippen molar-refractivity contribution in [1.29, 1.82) is 0 Å². The number of rotatable bonds is 2. The molecule has 0 aromatic heterocycles. The Bertz CT molecular complexity index is 1210. The van der Waals surface area contributed by atoms with Crippen LogP contribution in [0.2, 0.25) is 5.02 Å². The zero-order valence-electron chi connectivity index (χ0n) is 17.1. The summed E-state index contributed by atoms with van der Waals surface area (Å²) in [6.07, 6.45) is 0. The van der Waals surface area contributed by atoms with E-state index in [2.05, 4.69) is 56.3 Å². The molecule has 2 heteroatoms. The fraction of sp³-hybridized carbons (Fsp3) is 0.143. The van der Waals surface area contributed by atoms with Gasteiger partial charge < -0.3 is 5.11 Å². The number of aliphatic hydroxyl groups is 1. The van der Waals surface area contributed by atoms with Crippen LogP contribution in [0.25, 0.3) is 11.1 Å². The highest BCUT2D eigenvalue weighted by Gasteiger charge is 2.47. The van der Waals surface area contributed by atoms with Gasteiger partial charge in [0.2, 0.25) is 0 Å². The van der Waals surface area contributed by atoms with Gasteiger partial charge in [-0.1, -0.05) is 110 Å². The molecule has 4 aromatic carbocycles. The van der Waals surface area contributed by atoms with E-state index in [0.29, 0.717) is 5.02 Å². The Labute approximate surface area is 182 Å². The molecule has 30 heavy (non-hydrogen) atoms. The highest BCUT2D eigenvalue weighted by molar-refractivity contribution is 6.30. The van der Waals surface area contributed by atoms with Gasteiger partial charge in [0, 0.05) is 16.0 Å². The number of fused-ring (bicyclic) bond motifs is 2. The molecule has 4 aromatic rings. The van der Waals surface area contributed by atoms with Gasteiger partial charge in [0.1, 0.15) is 5.60 Å². The van der Waals surface area contributed by atoms with Gasteiger partial charge in [-0.25, -0.2) is 0 Å². The average Bonchev–Trinajstić information content (AvgIpc) is 2.78. The number of benzene rings is 4. The van der Waals surface area contributed by atoms with Gasteiger partial charge in [0.25, 0.3) is 0 Å². The fourth-order valence-electron chi connectivity index (χ4n) is 4.97. The van der Waals surface area contributed by atoms with E-state index in [4.69, 9.17) is 11.6 Å². The summed E-state index contributed by atoms with van der Waals surface area (Å²) >= 11 is 6.30. The predicted molar refractivity (Wildman–Crippen MR) is 124 cm³/mol. The van der Waals surface area contributed by atoms with E-state index < -0.39 is 5.60 Å². The van der Waals surface area contributed by atoms with Crippen LogP contribution < -0.4 is 0 Å². The normalized spacial score (nSPS) is 15.9. The van der Waals surface area contributed by atoms with Crippen LogP contribution in [0.15, 0.2) is 97.1 Å². The third-order valence-corrected chi connectivity index (χ3v) is 6.67. The van der Waals surface area contributed by atoms with Crippen molar-refractivity contribution in [1.82, 2.24) is 0 Å². The molecule has 148 valence electrons. The molecule has 0 saturated carbocycles. The molecule has 0 atom stereocenters. The van der Waals surface area contributed by atoms with Crippen LogP contribution in [-0.2, 0) is 11.0 Å². The number of halogens is 1. The second-order valence-electron chi connectivity index (χ2n) is 8.48. The van der Waals surface area contributed by atoms with Crippen LogP contribution in [0, 0.1) is 0 Å². The molecule has 0 saturated heterocycles. The van der Waals surface area contributed by atoms with Crippen molar-refractivity contribution >= 4 is 11.6 Å². The minimum atomic E-state index is -1.26. The van der Waals surface area contributed by atoms with E-state index in [1.165, 1.54) is 0 Å². The van der Waals surface area contributed by atoms with E-state index in [1.807, 2.05) is 54.6 Å². The molecule has 0 radical (unpaired) electrons. The van der Waals surface area contributed by atoms with Crippen molar-refractivity contribution in [2.75, 3.05) is 0 Å². The summed E-state index contributed by atoms with van der Waals surface area (Å²) in [6, 6.07) is 32.4. The van der Waals surface area contributed by atoms with E-state index >= 15 is 0 Å². The first-order valence-corrected chi connectivity index (χ1v) is 10.6. The Morgan fingerprint density at radius 1 is 0.600 bits per heavy atom. The lowest BCUT2D eigenvalue weighted by Crippen LogP contribution is -2.41. The lowest BCUT2D eigenvalue weighted by molar-refractivity contribution is 0.117. The zero-order chi connectivity index (χ0) is 20.9. The average molecular weight is 411 g/mol. The first-order valence-electron chi connectivity index (χ1n) is 10.2. The van der Waals surface area contributed by atoms with Gasteiger partial charge in [-0.3, -0.25) is 0 Å². The number of hydrogen-bond donors (Lipinski definition) is 1. The molecule has 1 N–H and O–H groups in total. The molecule has 0 fully saturated rings. The molecule has 0 amide bonds. The Kier molecular flexibility index (Phi) is 4.36. The van der Waals surface area contributed by atoms with Gasteiger partial charge in [-0.2, -0.15) is 0 Å². The molecule has 0 aliphatic heterocycles. The highest BCUT2D eigenvalue weighted by Crippen LogP contribution is 2.52. The molecule has 1 aliphatic carbocycles. The second-order valence-corrected chi connectivity index (χ2v) is 8.92. The summed E-state index contributed by atoms with van der Waals surface area (Å²) in [5.74, 6) is 0. The van der Waals surface area contributed by atoms with Crippen LogP contribution in [0.1, 0.15) is 41.7 Å². The quantitative estimate of drug-likeness (QED) is 0.379. The first kappa shape index (κ1) is 19.1. The van der Waals surface area contributed by atoms with Crippen LogP contribution in [0.3, 0.4) is 0 Å². The Morgan fingerprint density at radius 2 is 1.10 bits per heavy atom. The van der Waals surface area contributed by atoms with Crippen LogP contribution in [0.4, 0.5) is 0 Å². The first-order chi connectivity index (χ1) is 14.4. The summed E-state index contributed by atoms with van der Waals surface area (Å²) in [4.78, 5) is 0. The van der Waals surface area contributed by atoms with Gasteiger partial charge >= 0.3 is 0 Å². The molecule has 5 rings (SSSR count).